The molecule has 1 aromatic carbocycles. The summed E-state index contributed by atoms with van der Waals surface area (Å²) in [7, 11) is 0. The van der Waals surface area contributed by atoms with Crippen LogP contribution >= 0.6 is 0 Å². The van der Waals surface area contributed by atoms with Gasteiger partial charge in [0.1, 0.15) is 11.9 Å². The van der Waals surface area contributed by atoms with Crippen molar-refractivity contribution in [1.29, 1.82) is 0 Å². The number of benzene rings is 1. The first-order valence-electron chi connectivity index (χ1n) is 5.45. The standard InChI is InChI=1S/C13H17NO3/c1-13(2,11(14)8-9-15)17-12(16)10-6-4-3-5-7-10/h3-7,9,11H,8,14H2,1-2H3. The van der Waals surface area contributed by atoms with Crippen LogP contribution in [0.2, 0.25) is 0 Å². The lowest BCUT2D eigenvalue weighted by Crippen LogP contribution is -2.46. The van der Waals surface area contributed by atoms with Crippen LogP contribution in [0.15, 0.2) is 30.3 Å². The largest absolute Gasteiger partial charge is 0.454 e. The zero-order valence-electron chi connectivity index (χ0n) is 10.1. The van der Waals surface area contributed by atoms with Crippen LogP contribution in [0, 0.1) is 0 Å². The fourth-order valence-corrected chi connectivity index (χ4v) is 1.34. The maximum Gasteiger partial charge on any atom is 0.338 e. The Morgan fingerprint density at radius 3 is 2.53 bits per heavy atom. The second kappa shape index (κ2) is 5.59. The molecule has 0 aliphatic carbocycles. The number of aldehydes is 1. The molecule has 0 fully saturated rings. The topological polar surface area (TPSA) is 69.4 Å². The highest BCUT2D eigenvalue weighted by Crippen LogP contribution is 2.17. The number of carbonyl (C=O) groups is 2. The first-order chi connectivity index (χ1) is 7.97. The Labute approximate surface area is 101 Å². The van der Waals surface area contributed by atoms with Crippen molar-refractivity contribution >= 4 is 12.3 Å². The van der Waals surface area contributed by atoms with Crippen molar-refractivity contribution in [3.8, 4) is 0 Å². The van der Waals surface area contributed by atoms with Crippen LogP contribution in [0.4, 0.5) is 0 Å². The second-order valence-electron chi connectivity index (χ2n) is 4.37. The zero-order chi connectivity index (χ0) is 12.9. The van der Waals surface area contributed by atoms with Crippen LogP contribution in [0.25, 0.3) is 0 Å². The molecule has 0 bridgehead atoms. The summed E-state index contributed by atoms with van der Waals surface area (Å²) in [4.78, 5) is 22.2. The Balaban J connectivity index is 2.71. The zero-order valence-corrected chi connectivity index (χ0v) is 10.1. The molecule has 1 unspecified atom stereocenters. The molecule has 2 N–H and O–H groups in total. The molecule has 4 nitrogen and oxygen atoms in total. The molecule has 0 aliphatic heterocycles. The molecular weight excluding hydrogens is 218 g/mol. The van der Waals surface area contributed by atoms with Gasteiger partial charge in [0.15, 0.2) is 0 Å². The van der Waals surface area contributed by atoms with Crippen LogP contribution in [0.1, 0.15) is 30.6 Å². The summed E-state index contributed by atoms with van der Waals surface area (Å²) in [5.41, 5.74) is 5.38. The monoisotopic (exact) mass is 235 g/mol. The fourth-order valence-electron chi connectivity index (χ4n) is 1.34. The van der Waals surface area contributed by atoms with E-state index in [4.69, 9.17) is 10.5 Å². The van der Waals surface area contributed by atoms with Crippen LogP contribution < -0.4 is 5.73 Å². The van der Waals surface area contributed by atoms with Gasteiger partial charge >= 0.3 is 5.97 Å². The quantitative estimate of drug-likeness (QED) is 0.620. The number of esters is 1. The lowest BCUT2D eigenvalue weighted by molar-refractivity contribution is -0.109. The van der Waals surface area contributed by atoms with Crippen LogP contribution in [0.5, 0.6) is 0 Å². The smallest absolute Gasteiger partial charge is 0.338 e. The van der Waals surface area contributed by atoms with E-state index in [0.29, 0.717) is 5.56 Å². The van der Waals surface area contributed by atoms with Crippen molar-refractivity contribution < 1.29 is 14.3 Å². The van der Waals surface area contributed by atoms with Crippen LogP contribution in [-0.2, 0) is 9.53 Å². The molecule has 0 aromatic heterocycles. The van der Waals surface area contributed by atoms with Gasteiger partial charge in [-0.2, -0.15) is 0 Å². The van der Waals surface area contributed by atoms with E-state index in [1.807, 2.05) is 6.07 Å². The van der Waals surface area contributed by atoms with Gasteiger partial charge in [-0.25, -0.2) is 4.79 Å². The number of ether oxygens (including phenoxy) is 1. The van der Waals surface area contributed by atoms with E-state index in [2.05, 4.69) is 0 Å². The molecule has 0 amide bonds. The van der Waals surface area contributed by atoms with Gasteiger partial charge in [0.25, 0.3) is 0 Å². The van der Waals surface area contributed by atoms with E-state index in [9.17, 15) is 9.59 Å². The van der Waals surface area contributed by atoms with Gasteiger partial charge in [-0.15, -0.1) is 0 Å². The number of carbonyl (C=O) groups excluding carboxylic acids is 2. The second-order valence-corrected chi connectivity index (χ2v) is 4.37. The van der Waals surface area contributed by atoms with Crippen molar-refractivity contribution in [3.63, 3.8) is 0 Å². The lowest BCUT2D eigenvalue weighted by Gasteiger charge is -2.30. The Bertz CT molecular complexity index is 387. The summed E-state index contributed by atoms with van der Waals surface area (Å²) in [5.74, 6) is -0.433. The Hall–Kier alpha value is -1.68. The Morgan fingerprint density at radius 1 is 1.41 bits per heavy atom. The lowest BCUT2D eigenvalue weighted by atomic mass is 9.97. The summed E-state index contributed by atoms with van der Waals surface area (Å²) in [6.07, 6.45) is 0.887. The summed E-state index contributed by atoms with van der Waals surface area (Å²) < 4.78 is 5.32. The van der Waals surface area contributed by atoms with E-state index >= 15 is 0 Å². The number of nitrogens with two attached hydrogens (primary N) is 1. The minimum absolute atomic E-state index is 0.162. The molecular formula is C13H17NO3. The number of hydrogen-bond acceptors (Lipinski definition) is 4. The van der Waals surface area contributed by atoms with Crippen molar-refractivity contribution in [3.05, 3.63) is 35.9 Å². The Kier molecular flexibility index (Phi) is 4.40. The molecule has 0 saturated carbocycles. The highest BCUT2D eigenvalue weighted by molar-refractivity contribution is 5.89. The van der Waals surface area contributed by atoms with Gasteiger partial charge in [-0.05, 0) is 26.0 Å². The SMILES string of the molecule is CC(C)(OC(=O)c1ccccc1)C(N)CC=O. The molecule has 17 heavy (non-hydrogen) atoms. The van der Waals surface area contributed by atoms with Gasteiger partial charge in [-0.3, -0.25) is 0 Å². The third kappa shape index (κ3) is 3.67. The Morgan fingerprint density at radius 2 is 2.00 bits per heavy atom. The summed E-state index contributed by atoms with van der Waals surface area (Å²) >= 11 is 0. The van der Waals surface area contributed by atoms with E-state index in [0.717, 1.165) is 6.29 Å². The van der Waals surface area contributed by atoms with E-state index in [1.54, 1.807) is 38.1 Å². The molecule has 0 aliphatic rings. The molecule has 0 radical (unpaired) electrons. The van der Waals surface area contributed by atoms with Crippen molar-refractivity contribution in [2.75, 3.05) is 0 Å². The number of rotatable bonds is 5. The van der Waals surface area contributed by atoms with E-state index in [1.165, 1.54) is 0 Å². The first kappa shape index (κ1) is 13.4. The maximum atomic E-state index is 11.8. The maximum absolute atomic E-state index is 11.8. The third-order valence-electron chi connectivity index (χ3n) is 2.61. The van der Waals surface area contributed by atoms with Crippen molar-refractivity contribution in [2.45, 2.75) is 31.9 Å². The van der Waals surface area contributed by atoms with Crippen molar-refractivity contribution in [2.24, 2.45) is 5.73 Å². The summed E-state index contributed by atoms with van der Waals surface area (Å²) in [6.45, 7) is 3.39. The first-order valence-corrected chi connectivity index (χ1v) is 5.45. The highest BCUT2D eigenvalue weighted by atomic mass is 16.6. The predicted molar refractivity (Wildman–Crippen MR) is 64.6 cm³/mol. The van der Waals surface area contributed by atoms with Gasteiger partial charge in [-0.1, -0.05) is 18.2 Å². The summed E-state index contributed by atoms with van der Waals surface area (Å²) in [5, 5.41) is 0. The summed E-state index contributed by atoms with van der Waals surface area (Å²) in [6, 6.07) is 8.17. The van der Waals surface area contributed by atoms with E-state index < -0.39 is 17.6 Å². The average Bonchev–Trinajstić information content (AvgIpc) is 2.30. The molecule has 0 spiro atoms. The molecule has 0 saturated heterocycles. The average molecular weight is 235 g/mol. The third-order valence-corrected chi connectivity index (χ3v) is 2.61. The predicted octanol–water partition coefficient (Wildman–Crippen LogP) is 1.54. The van der Waals surface area contributed by atoms with Crippen LogP contribution in [-0.4, -0.2) is 23.9 Å². The van der Waals surface area contributed by atoms with Gasteiger partial charge in [0.2, 0.25) is 0 Å². The molecule has 92 valence electrons. The molecule has 1 aromatic rings. The molecule has 0 heterocycles. The van der Waals surface area contributed by atoms with Gasteiger partial charge < -0.3 is 15.3 Å². The van der Waals surface area contributed by atoms with Gasteiger partial charge in [0.05, 0.1) is 11.6 Å². The molecule has 1 atom stereocenters. The molecule has 4 heteroatoms. The fraction of sp³-hybridized carbons (Fsp3) is 0.385. The van der Waals surface area contributed by atoms with E-state index in [-0.39, 0.29) is 6.42 Å². The highest BCUT2D eigenvalue weighted by Gasteiger charge is 2.30. The van der Waals surface area contributed by atoms with Crippen molar-refractivity contribution in [1.82, 2.24) is 0 Å². The molecule has 1 rings (SSSR count). The minimum Gasteiger partial charge on any atom is -0.454 e. The van der Waals surface area contributed by atoms with Gasteiger partial charge in [0, 0.05) is 6.42 Å². The van der Waals surface area contributed by atoms with Crippen LogP contribution in [0.3, 0.4) is 0 Å². The minimum atomic E-state index is -0.867. The normalized spacial score (nSPS) is 12.9. The number of hydrogen-bond donors (Lipinski definition) is 1.